The lowest BCUT2D eigenvalue weighted by Gasteiger charge is -2.39. The van der Waals surface area contributed by atoms with Gasteiger partial charge in [-0.1, -0.05) is 0 Å². The molecule has 8 nitrogen and oxygen atoms in total. The minimum absolute atomic E-state index is 0.0195. The number of piperidine rings is 1. The highest BCUT2D eigenvalue weighted by molar-refractivity contribution is 5.92. The molecule has 2 amide bonds. The maximum Gasteiger partial charge on any atom is 0.323 e. The van der Waals surface area contributed by atoms with Gasteiger partial charge >= 0.3 is 6.03 Å². The average Bonchev–Trinajstić information content (AvgIpc) is 3.37. The molecule has 3 aromatic heterocycles. The molecule has 3 atom stereocenters. The molecule has 33 heavy (non-hydrogen) atoms. The minimum Gasteiger partial charge on any atom is -0.441 e. The van der Waals surface area contributed by atoms with Crippen LogP contribution in [0.4, 0.5) is 19.4 Å². The van der Waals surface area contributed by atoms with Crippen LogP contribution in [0.15, 0.2) is 35.1 Å². The van der Waals surface area contributed by atoms with Gasteiger partial charge in [0, 0.05) is 42.2 Å². The lowest BCUT2D eigenvalue weighted by atomic mass is 9.97. The summed E-state index contributed by atoms with van der Waals surface area (Å²) >= 11 is 0. The number of carbonyl (C=O) groups excluding carboxylic acids is 1. The number of oxazole rings is 1. The molecule has 2 bridgehead atoms. The van der Waals surface area contributed by atoms with Crippen molar-refractivity contribution in [2.45, 2.75) is 56.8 Å². The number of aromatic nitrogens is 3. The zero-order valence-electron chi connectivity index (χ0n) is 18.3. The van der Waals surface area contributed by atoms with Gasteiger partial charge in [-0.2, -0.15) is 0 Å². The number of aryl methyl sites for hydroxylation is 1. The third kappa shape index (κ3) is 4.39. The van der Waals surface area contributed by atoms with Crippen molar-refractivity contribution in [3.8, 4) is 11.3 Å². The third-order valence-corrected chi connectivity index (χ3v) is 6.52. The molecule has 2 fully saturated rings. The molecule has 0 aliphatic carbocycles. The number of urea groups is 1. The van der Waals surface area contributed by atoms with Crippen LogP contribution in [0, 0.1) is 6.92 Å². The molecule has 5 heterocycles. The molecule has 0 radical (unpaired) electrons. The zero-order chi connectivity index (χ0) is 22.9. The van der Waals surface area contributed by atoms with E-state index in [0.717, 1.165) is 23.8 Å². The number of pyridine rings is 2. The Bertz CT molecular complexity index is 1140. The van der Waals surface area contributed by atoms with Crippen LogP contribution in [0.3, 0.4) is 0 Å². The highest BCUT2D eigenvalue weighted by Crippen LogP contribution is 2.36. The Morgan fingerprint density at radius 2 is 1.88 bits per heavy atom. The van der Waals surface area contributed by atoms with Gasteiger partial charge in [-0.3, -0.25) is 10.3 Å². The summed E-state index contributed by atoms with van der Waals surface area (Å²) in [7, 11) is 0. The summed E-state index contributed by atoms with van der Waals surface area (Å²) in [5, 5.41) is 6.80. The summed E-state index contributed by atoms with van der Waals surface area (Å²) in [6.07, 6.45) is 8.14. The van der Waals surface area contributed by atoms with E-state index in [0.29, 0.717) is 35.8 Å². The van der Waals surface area contributed by atoms with Crippen molar-refractivity contribution in [1.82, 2.24) is 25.2 Å². The summed E-state index contributed by atoms with van der Waals surface area (Å²) in [5.74, 6) is 1.64. The molecule has 2 N–H and O–H groups in total. The summed E-state index contributed by atoms with van der Waals surface area (Å²) in [6.45, 7) is 0.321. The number of alkyl halides is 2. The van der Waals surface area contributed by atoms with E-state index in [1.54, 1.807) is 31.6 Å². The van der Waals surface area contributed by atoms with Crippen LogP contribution < -0.4 is 10.6 Å². The predicted octanol–water partition coefficient (Wildman–Crippen LogP) is 4.02. The van der Waals surface area contributed by atoms with Crippen LogP contribution in [0.2, 0.25) is 0 Å². The normalized spacial score (nSPS) is 22.3. The van der Waals surface area contributed by atoms with Crippen LogP contribution >= 0.6 is 0 Å². The molecule has 0 saturated carbocycles. The fraction of sp³-hybridized carbons (Fsp3) is 0.478. The quantitative estimate of drug-likeness (QED) is 0.582. The molecular weight excluding hydrogens is 430 g/mol. The molecule has 0 spiro atoms. The van der Waals surface area contributed by atoms with E-state index in [9.17, 15) is 13.6 Å². The van der Waals surface area contributed by atoms with Crippen LogP contribution in [0.5, 0.6) is 0 Å². The topological polar surface area (TPSA) is 96.2 Å². The first-order valence-electron chi connectivity index (χ1n) is 11.2. The van der Waals surface area contributed by atoms with Crippen molar-refractivity contribution in [3.05, 3.63) is 36.6 Å². The largest absolute Gasteiger partial charge is 0.441 e. The highest BCUT2D eigenvalue weighted by atomic mass is 19.1. The first kappa shape index (κ1) is 21.7. The minimum atomic E-state index is -0.768. The Morgan fingerprint density at radius 3 is 2.55 bits per heavy atom. The van der Waals surface area contributed by atoms with E-state index in [2.05, 4.69) is 25.6 Å². The van der Waals surface area contributed by atoms with E-state index in [1.807, 2.05) is 11.0 Å². The summed E-state index contributed by atoms with van der Waals surface area (Å²) in [5.41, 5.74) is 1.49. The Labute approximate surface area is 189 Å². The molecule has 3 aromatic rings. The number of hydrogen-bond acceptors (Lipinski definition) is 6. The van der Waals surface area contributed by atoms with Crippen LogP contribution in [-0.4, -0.2) is 63.4 Å². The Morgan fingerprint density at radius 1 is 1.12 bits per heavy atom. The van der Waals surface area contributed by atoms with E-state index < -0.39 is 19.4 Å². The van der Waals surface area contributed by atoms with Gasteiger partial charge in [-0.05, 0) is 37.8 Å². The molecule has 5 rings (SSSR count). The Balaban J connectivity index is 1.29. The number of fused-ring (bicyclic) bond motifs is 3. The summed E-state index contributed by atoms with van der Waals surface area (Å²) in [4.78, 5) is 27.9. The third-order valence-electron chi connectivity index (χ3n) is 6.52. The molecule has 0 aromatic carbocycles. The number of anilines is 1. The smallest absolute Gasteiger partial charge is 0.323 e. The lowest BCUT2D eigenvalue weighted by Crippen LogP contribution is -2.54. The first-order chi connectivity index (χ1) is 16.0. The maximum absolute atomic E-state index is 13.1. The van der Waals surface area contributed by atoms with Gasteiger partial charge in [-0.25, -0.2) is 23.5 Å². The molecule has 2 aliphatic heterocycles. The number of rotatable bonds is 6. The second kappa shape index (κ2) is 9.01. The number of amides is 2. The fourth-order valence-electron chi connectivity index (χ4n) is 5.01. The van der Waals surface area contributed by atoms with E-state index in [-0.39, 0.29) is 24.2 Å². The van der Waals surface area contributed by atoms with Gasteiger partial charge in [0.25, 0.3) is 0 Å². The summed E-state index contributed by atoms with van der Waals surface area (Å²) in [6, 6.07) is 2.86. The Kier molecular flexibility index (Phi) is 5.92. The zero-order valence-corrected chi connectivity index (χ0v) is 18.3. The van der Waals surface area contributed by atoms with Crippen molar-refractivity contribution in [1.29, 1.82) is 0 Å². The second-order valence-corrected chi connectivity index (χ2v) is 8.79. The predicted molar refractivity (Wildman–Crippen MR) is 119 cm³/mol. The van der Waals surface area contributed by atoms with Gasteiger partial charge in [0.05, 0.1) is 24.0 Å². The van der Waals surface area contributed by atoms with E-state index in [1.165, 1.54) is 0 Å². The molecule has 0 unspecified atom stereocenters. The van der Waals surface area contributed by atoms with Gasteiger partial charge in [-0.15, -0.1) is 0 Å². The molecular formula is C23H26F2N6O2. The van der Waals surface area contributed by atoms with Crippen LogP contribution in [-0.2, 0) is 0 Å². The van der Waals surface area contributed by atoms with Crippen LogP contribution in [0.25, 0.3) is 22.2 Å². The maximum atomic E-state index is 13.1. The van der Waals surface area contributed by atoms with Crippen molar-refractivity contribution in [3.63, 3.8) is 0 Å². The van der Waals surface area contributed by atoms with Crippen LogP contribution in [0.1, 0.15) is 31.6 Å². The van der Waals surface area contributed by atoms with Crippen molar-refractivity contribution >= 4 is 22.8 Å². The second-order valence-electron chi connectivity index (χ2n) is 8.79. The van der Waals surface area contributed by atoms with E-state index in [4.69, 9.17) is 4.42 Å². The van der Waals surface area contributed by atoms with E-state index >= 15 is 0 Å². The van der Waals surface area contributed by atoms with Gasteiger partial charge in [0.15, 0.2) is 11.7 Å². The van der Waals surface area contributed by atoms with Crippen molar-refractivity contribution in [2.75, 3.05) is 18.7 Å². The Hall–Kier alpha value is -3.14. The number of halogens is 2. The van der Waals surface area contributed by atoms with Crippen molar-refractivity contribution in [2.24, 2.45) is 0 Å². The van der Waals surface area contributed by atoms with Gasteiger partial charge in [0.1, 0.15) is 19.2 Å². The number of hydrogen-bond donors (Lipinski definition) is 2. The average molecular weight is 456 g/mol. The molecule has 174 valence electrons. The fourth-order valence-corrected chi connectivity index (χ4v) is 5.01. The lowest BCUT2D eigenvalue weighted by molar-refractivity contribution is 0.133. The number of nitrogens with one attached hydrogen (secondary N) is 2. The molecule has 10 heteroatoms. The molecule has 2 aliphatic rings. The summed E-state index contributed by atoms with van der Waals surface area (Å²) < 4.78 is 31.4. The standard InChI is InChI=1S/C23H26F2N6O2/c1-13-26-12-21(33-13)15-4-14-5-22(28-11-20(14)27-10-15)30-23(32)31-18-2-3-19(31)7-16(6-18)29-17(8-24)9-25/h4-5,10-12,16-19,29H,2-3,6-9H2,1H3,(H,28,30,32)/t16-,18-,19+. The first-order valence-corrected chi connectivity index (χ1v) is 11.2. The van der Waals surface area contributed by atoms with Gasteiger partial charge < -0.3 is 14.6 Å². The van der Waals surface area contributed by atoms with Crippen molar-refractivity contribution < 1.29 is 18.0 Å². The van der Waals surface area contributed by atoms with Gasteiger partial charge in [0.2, 0.25) is 0 Å². The monoisotopic (exact) mass is 456 g/mol. The SMILES string of the molecule is Cc1ncc(-c2cnc3cnc(NC(=O)N4[C@@H]5CC[C@H]4C[C@H](NC(CF)CF)C5)cc3c2)o1. The number of carbonyl (C=O) groups is 1. The number of nitrogens with zero attached hydrogens (tertiary/aromatic N) is 4. The highest BCUT2D eigenvalue weighted by Gasteiger charge is 2.43. The molecule has 2 saturated heterocycles.